The maximum absolute atomic E-state index is 6.17. The summed E-state index contributed by atoms with van der Waals surface area (Å²) in [6.45, 7) is 9.71. The zero-order chi connectivity index (χ0) is 23.5. The van der Waals surface area contributed by atoms with E-state index in [0.717, 1.165) is 17.8 Å². The summed E-state index contributed by atoms with van der Waals surface area (Å²) in [6, 6.07) is 19.7. The Hall–Kier alpha value is -3.30. The molecule has 0 fully saturated rings. The van der Waals surface area contributed by atoms with Crippen LogP contribution in [0.25, 0.3) is 16.7 Å². The van der Waals surface area contributed by atoms with Gasteiger partial charge in [0.25, 0.3) is 0 Å². The van der Waals surface area contributed by atoms with Crippen LogP contribution in [-0.4, -0.2) is 6.54 Å². The molecule has 6 N–H and O–H groups in total. The molecule has 0 radical (unpaired) electrons. The predicted octanol–water partition coefficient (Wildman–Crippen LogP) is 5.96. The fraction of sp³-hybridized carbons (Fsp3) is 0.267. The van der Waals surface area contributed by atoms with Crippen molar-refractivity contribution in [1.82, 2.24) is 0 Å². The lowest BCUT2D eigenvalue weighted by Crippen LogP contribution is -2.24. The van der Waals surface area contributed by atoms with Gasteiger partial charge in [-0.1, -0.05) is 68.8 Å². The third kappa shape index (κ3) is 3.14. The minimum Gasteiger partial charge on any atom is -0.399 e. The molecule has 0 bridgehead atoms. The van der Waals surface area contributed by atoms with E-state index in [9.17, 15) is 0 Å². The van der Waals surface area contributed by atoms with Crippen molar-refractivity contribution in [3.8, 4) is 11.1 Å². The fourth-order valence-electron chi connectivity index (χ4n) is 5.93. The fourth-order valence-corrected chi connectivity index (χ4v) is 5.93. The van der Waals surface area contributed by atoms with E-state index in [2.05, 4.69) is 76.2 Å². The molecule has 0 aliphatic heterocycles. The lowest BCUT2D eigenvalue weighted by atomic mass is 9.74. The van der Waals surface area contributed by atoms with Crippen LogP contribution in [0.2, 0.25) is 0 Å². The molecule has 0 saturated carbocycles. The van der Waals surface area contributed by atoms with Crippen LogP contribution in [-0.2, 0) is 17.3 Å². The predicted molar refractivity (Wildman–Crippen MR) is 141 cm³/mol. The van der Waals surface area contributed by atoms with E-state index in [0.29, 0.717) is 6.54 Å². The Morgan fingerprint density at radius 2 is 1.45 bits per heavy atom. The quantitative estimate of drug-likeness (QED) is 0.443. The standard InChI is InChI=1S/C30H33N3/c1-18-22(6-5-13-31)25-15-20(32)9-12-27(25)30(18,4)17-19-7-11-26-24(14-19)23-10-8-21(33)16-28(23)29(26,2)3/h5-12,14-16H,13,17,31-33H2,1-4H3/b6-5-. The lowest BCUT2D eigenvalue weighted by molar-refractivity contribution is 0.565. The highest BCUT2D eigenvalue weighted by Crippen LogP contribution is 2.52. The molecule has 0 heterocycles. The van der Waals surface area contributed by atoms with Crippen LogP contribution in [0.1, 0.15) is 55.5 Å². The van der Waals surface area contributed by atoms with Crippen LogP contribution in [0, 0.1) is 0 Å². The van der Waals surface area contributed by atoms with Gasteiger partial charge in [-0.15, -0.1) is 0 Å². The number of hydrogen-bond acceptors (Lipinski definition) is 3. The van der Waals surface area contributed by atoms with Gasteiger partial charge in [0.2, 0.25) is 0 Å². The summed E-state index contributed by atoms with van der Waals surface area (Å²) in [4.78, 5) is 0. The third-order valence-electron chi connectivity index (χ3n) is 7.90. The summed E-state index contributed by atoms with van der Waals surface area (Å²) >= 11 is 0. The summed E-state index contributed by atoms with van der Waals surface area (Å²) in [7, 11) is 0. The van der Waals surface area contributed by atoms with Crippen molar-refractivity contribution >= 4 is 16.9 Å². The molecule has 3 nitrogen and oxygen atoms in total. The number of nitrogen functional groups attached to an aromatic ring is 2. The monoisotopic (exact) mass is 435 g/mol. The molecule has 0 aromatic heterocycles. The van der Waals surface area contributed by atoms with Gasteiger partial charge in [-0.05, 0) is 82.1 Å². The van der Waals surface area contributed by atoms with Crippen LogP contribution in [0.5, 0.6) is 0 Å². The molecule has 2 aliphatic rings. The maximum atomic E-state index is 6.17. The molecular weight excluding hydrogens is 402 g/mol. The zero-order valence-corrected chi connectivity index (χ0v) is 20.0. The van der Waals surface area contributed by atoms with E-state index >= 15 is 0 Å². The summed E-state index contributed by atoms with van der Waals surface area (Å²) in [5, 5.41) is 0. The van der Waals surface area contributed by atoms with Gasteiger partial charge in [-0.2, -0.15) is 0 Å². The highest BCUT2D eigenvalue weighted by Gasteiger charge is 2.40. The van der Waals surface area contributed by atoms with Crippen LogP contribution in [0.15, 0.2) is 72.3 Å². The van der Waals surface area contributed by atoms with Crippen molar-refractivity contribution in [3.05, 3.63) is 100 Å². The first-order valence-electron chi connectivity index (χ1n) is 11.7. The number of rotatable bonds is 4. The number of fused-ring (bicyclic) bond motifs is 4. The summed E-state index contributed by atoms with van der Waals surface area (Å²) in [6.07, 6.45) is 5.11. The van der Waals surface area contributed by atoms with E-state index < -0.39 is 0 Å². The van der Waals surface area contributed by atoms with Gasteiger partial charge in [0, 0.05) is 28.7 Å². The minimum atomic E-state index is -0.108. The van der Waals surface area contributed by atoms with Crippen molar-refractivity contribution in [3.63, 3.8) is 0 Å². The second-order valence-electron chi connectivity index (χ2n) is 10.3. The first kappa shape index (κ1) is 21.5. The summed E-state index contributed by atoms with van der Waals surface area (Å²) in [5.74, 6) is 0. The van der Waals surface area contributed by atoms with Gasteiger partial charge < -0.3 is 17.2 Å². The number of anilines is 2. The Morgan fingerprint density at radius 3 is 2.21 bits per heavy atom. The van der Waals surface area contributed by atoms with E-state index in [1.54, 1.807) is 0 Å². The number of nitrogens with two attached hydrogens (primary N) is 3. The average molecular weight is 436 g/mol. The number of allylic oxidation sites excluding steroid dienone is 3. The normalized spacial score (nSPS) is 20.3. The second kappa shape index (κ2) is 7.36. The Morgan fingerprint density at radius 1 is 0.758 bits per heavy atom. The Kier molecular flexibility index (Phi) is 4.80. The Bertz CT molecular complexity index is 1340. The number of benzene rings is 3. The molecule has 0 spiro atoms. The van der Waals surface area contributed by atoms with E-state index in [-0.39, 0.29) is 10.8 Å². The minimum absolute atomic E-state index is 0.0457. The topological polar surface area (TPSA) is 78.1 Å². The van der Waals surface area contributed by atoms with Gasteiger partial charge in [-0.25, -0.2) is 0 Å². The van der Waals surface area contributed by atoms with Gasteiger partial charge in [-0.3, -0.25) is 0 Å². The molecule has 0 amide bonds. The lowest BCUT2D eigenvalue weighted by Gasteiger charge is -2.29. The molecule has 3 aromatic carbocycles. The van der Waals surface area contributed by atoms with E-state index in [1.807, 2.05) is 18.2 Å². The summed E-state index contributed by atoms with van der Waals surface area (Å²) < 4.78 is 0. The molecule has 1 unspecified atom stereocenters. The van der Waals surface area contributed by atoms with Crippen molar-refractivity contribution in [1.29, 1.82) is 0 Å². The van der Waals surface area contributed by atoms with Crippen molar-refractivity contribution in [2.24, 2.45) is 5.73 Å². The van der Waals surface area contributed by atoms with Crippen molar-refractivity contribution in [2.45, 2.75) is 44.9 Å². The third-order valence-corrected chi connectivity index (χ3v) is 7.90. The van der Waals surface area contributed by atoms with Gasteiger partial charge in [0.1, 0.15) is 0 Å². The zero-order valence-electron chi connectivity index (χ0n) is 20.0. The van der Waals surface area contributed by atoms with E-state index in [1.165, 1.54) is 50.1 Å². The molecule has 1 atom stereocenters. The number of hydrogen-bond donors (Lipinski definition) is 3. The SMILES string of the molecule is CC1=C(/C=C\CN)c2cc(N)ccc2C1(C)Cc1ccc2c(c1)-c1ccc(N)cc1C2(C)C. The first-order chi connectivity index (χ1) is 15.7. The largest absolute Gasteiger partial charge is 0.399 e. The molecular formula is C30H33N3. The molecule has 2 aliphatic carbocycles. The van der Waals surface area contributed by atoms with Crippen LogP contribution < -0.4 is 17.2 Å². The van der Waals surface area contributed by atoms with E-state index in [4.69, 9.17) is 17.2 Å². The highest BCUT2D eigenvalue weighted by molar-refractivity contribution is 5.87. The maximum Gasteiger partial charge on any atom is 0.0320 e. The van der Waals surface area contributed by atoms with Crippen molar-refractivity contribution in [2.75, 3.05) is 18.0 Å². The average Bonchev–Trinajstić information content (AvgIpc) is 3.11. The van der Waals surface area contributed by atoms with Crippen LogP contribution in [0.4, 0.5) is 11.4 Å². The molecule has 33 heavy (non-hydrogen) atoms. The smallest absolute Gasteiger partial charge is 0.0320 e. The first-order valence-corrected chi connectivity index (χ1v) is 11.7. The molecule has 168 valence electrons. The molecule has 5 rings (SSSR count). The Balaban J connectivity index is 1.61. The molecule has 0 saturated heterocycles. The van der Waals surface area contributed by atoms with Crippen molar-refractivity contribution < 1.29 is 0 Å². The molecule has 3 heteroatoms. The highest BCUT2D eigenvalue weighted by atomic mass is 14.6. The molecule has 3 aromatic rings. The summed E-state index contributed by atoms with van der Waals surface area (Å²) in [5.41, 5.74) is 31.4. The van der Waals surface area contributed by atoms with Gasteiger partial charge in [0.15, 0.2) is 0 Å². The van der Waals surface area contributed by atoms with Gasteiger partial charge in [0.05, 0.1) is 0 Å². The Labute approximate surface area is 197 Å². The van der Waals surface area contributed by atoms with Crippen LogP contribution >= 0.6 is 0 Å². The van der Waals surface area contributed by atoms with Crippen LogP contribution in [0.3, 0.4) is 0 Å². The van der Waals surface area contributed by atoms with Gasteiger partial charge >= 0.3 is 0 Å². The second-order valence-corrected chi connectivity index (χ2v) is 10.3.